The molecule has 0 saturated heterocycles. The number of nitrogens with one attached hydrogen (secondary N) is 2. The van der Waals surface area contributed by atoms with Crippen molar-refractivity contribution < 1.29 is 23.6 Å². The van der Waals surface area contributed by atoms with Gasteiger partial charge in [-0.25, -0.2) is 4.79 Å². The molecule has 2 N–H and O–H groups in total. The number of thioether (sulfide) groups is 1. The molecular weight excluding hydrogens is 429 g/mol. The number of carbonyl (C=O) groups is 3. The number of benzene rings is 1. The molecule has 28 heavy (non-hydrogen) atoms. The predicted octanol–water partition coefficient (Wildman–Crippen LogP) is 3.01. The summed E-state index contributed by atoms with van der Waals surface area (Å²) in [5, 5.41) is 9.05. The number of carbonyl (C=O) groups excluding carboxylic acids is 3. The number of halogens is 2. The summed E-state index contributed by atoms with van der Waals surface area (Å²) in [6.07, 6.45) is 3.48. The van der Waals surface area contributed by atoms with Crippen LogP contribution in [-0.2, 0) is 14.3 Å². The van der Waals surface area contributed by atoms with E-state index in [-0.39, 0.29) is 16.4 Å². The minimum atomic E-state index is -0.938. The van der Waals surface area contributed by atoms with Gasteiger partial charge < -0.3 is 19.9 Å². The summed E-state index contributed by atoms with van der Waals surface area (Å²) in [7, 11) is 0. The quantitative estimate of drug-likeness (QED) is 0.570. The van der Waals surface area contributed by atoms with Crippen molar-refractivity contribution in [2.75, 3.05) is 23.9 Å². The van der Waals surface area contributed by atoms with Crippen LogP contribution in [0, 0.1) is 0 Å². The fourth-order valence-corrected chi connectivity index (χ4v) is 3.05. The van der Waals surface area contributed by atoms with Crippen LogP contribution in [0.3, 0.4) is 0 Å². The normalized spacial score (nSPS) is 11.5. The van der Waals surface area contributed by atoms with Crippen molar-refractivity contribution in [2.24, 2.45) is 0 Å². The highest BCUT2D eigenvalue weighted by Crippen LogP contribution is 2.21. The SMILES string of the molecule is CSCCC(NC(=O)c1ccc(Cl)cc1Cl)C(=O)OCC(=O)Nc1ccon1. The van der Waals surface area contributed by atoms with Crippen molar-refractivity contribution in [1.82, 2.24) is 10.5 Å². The Morgan fingerprint density at radius 1 is 1.29 bits per heavy atom. The summed E-state index contributed by atoms with van der Waals surface area (Å²) >= 11 is 13.4. The second-order valence-corrected chi connectivity index (χ2v) is 7.30. The molecule has 0 fully saturated rings. The van der Waals surface area contributed by atoms with Gasteiger partial charge in [-0.3, -0.25) is 9.59 Å². The van der Waals surface area contributed by atoms with Crippen LogP contribution in [0.25, 0.3) is 0 Å². The predicted molar refractivity (Wildman–Crippen MR) is 107 cm³/mol. The van der Waals surface area contributed by atoms with Gasteiger partial charge >= 0.3 is 5.97 Å². The van der Waals surface area contributed by atoms with Crippen LogP contribution in [0.2, 0.25) is 10.0 Å². The van der Waals surface area contributed by atoms with Crippen molar-refractivity contribution in [3.05, 3.63) is 46.1 Å². The monoisotopic (exact) mass is 445 g/mol. The molecule has 0 aliphatic rings. The van der Waals surface area contributed by atoms with Crippen LogP contribution in [0.1, 0.15) is 16.8 Å². The molecule has 0 saturated carbocycles. The first-order valence-corrected chi connectivity index (χ1v) is 10.2. The molecule has 0 radical (unpaired) electrons. The molecule has 1 heterocycles. The van der Waals surface area contributed by atoms with E-state index in [0.717, 1.165) is 0 Å². The molecule has 1 aromatic heterocycles. The van der Waals surface area contributed by atoms with Crippen LogP contribution < -0.4 is 10.6 Å². The Morgan fingerprint density at radius 2 is 2.07 bits per heavy atom. The average molecular weight is 446 g/mol. The summed E-state index contributed by atoms with van der Waals surface area (Å²) in [4.78, 5) is 36.6. The summed E-state index contributed by atoms with van der Waals surface area (Å²) in [5.41, 5.74) is 0.178. The lowest BCUT2D eigenvalue weighted by molar-refractivity contribution is -0.149. The van der Waals surface area contributed by atoms with Gasteiger partial charge in [-0.05, 0) is 36.6 Å². The van der Waals surface area contributed by atoms with E-state index in [0.29, 0.717) is 17.2 Å². The third-order valence-corrected chi connectivity index (χ3v) is 4.62. The summed E-state index contributed by atoms with van der Waals surface area (Å²) in [6, 6.07) is 4.92. The molecule has 1 atom stereocenters. The number of aromatic nitrogens is 1. The Hall–Kier alpha value is -2.23. The molecule has 0 bridgehead atoms. The molecule has 1 aromatic carbocycles. The standard InChI is InChI=1S/C17H17Cl2N3O5S/c1-28-7-5-13(20-16(24)11-3-2-10(18)8-12(11)19)17(25)26-9-15(23)21-14-4-6-27-22-14/h2-4,6,8,13H,5,7,9H2,1H3,(H,20,24)(H,21,22,23). The second-order valence-electron chi connectivity index (χ2n) is 5.47. The van der Waals surface area contributed by atoms with Crippen LogP contribution in [0.15, 0.2) is 35.1 Å². The van der Waals surface area contributed by atoms with Crippen molar-refractivity contribution in [3.63, 3.8) is 0 Å². The van der Waals surface area contributed by atoms with E-state index >= 15 is 0 Å². The zero-order valence-corrected chi connectivity index (χ0v) is 17.1. The molecule has 1 unspecified atom stereocenters. The number of esters is 1. The van der Waals surface area contributed by atoms with E-state index in [4.69, 9.17) is 27.9 Å². The fraction of sp³-hybridized carbons (Fsp3) is 0.294. The molecule has 0 aliphatic heterocycles. The maximum absolute atomic E-state index is 12.5. The van der Waals surface area contributed by atoms with E-state index in [1.54, 1.807) is 0 Å². The first-order chi connectivity index (χ1) is 13.4. The Bertz CT molecular complexity index is 832. The third-order valence-electron chi connectivity index (χ3n) is 3.43. The Morgan fingerprint density at radius 3 is 2.71 bits per heavy atom. The number of hydrogen-bond donors (Lipinski definition) is 2. The van der Waals surface area contributed by atoms with Crippen LogP contribution in [-0.4, -0.2) is 47.6 Å². The van der Waals surface area contributed by atoms with Crippen molar-refractivity contribution in [1.29, 1.82) is 0 Å². The Labute approximate surface area is 175 Å². The number of hydrogen-bond acceptors (Lipinski definition) is 7. The van der Waals surface area contributed by atoms with Gasteiger partial charge in [0.15, 0.2) is 12.4 Å². The number of amides is 2. The largest absolute Gasteiger partial charge is 0.454 e. The summed E-state index contributed by atoms with van der Waals surface area (Å²) in [6.45, 7) is -0.529. The van der Waals surface area contributed by atoms with Crippen molar-refractivity contribution in [2.45, 2.75) is 12.5 Å². The topological polar surface area (TPSA) is 111 Å². The highest BCUT2D eigenvalue weighted by Gasteiger charge is 2.24. The molecule has 2 aromatic rings. The number of nitrogens with zero attached hydrogens (tertiary/aromatic N) is 1. The minimum Gasteiger partial charge on any atom is -0.454 e. The van der Waals surface area contributed by atoms with Crippen LogP contribution in [0.4, 0.5) is 5.82 Å². The van der Waals surface area contributed by atoms with E-state index in [2.05, 4.69) is 20.3 Å². The zero-order chi connectivity index (χ0) is 20.5. The molecule has 8 nitrogen and oxygen atoms in total. The number of rotatable bonds is 9. The van der Waals surface area contributed by atoms with E-state index in [1.807, 2.05) is 6.26 Å². The van der Waals surface area contributed by atoms with Gasteiger partial charge in [-0.15, -0.1) is 0 Å². The maximum atomic E-state index is 12.5. The lowest BCUT2D eigenvalue weighted by atomic mass is 10.1. The van der Waals surface area contributed by atoms with Gasteiger partial charge in [-0.1, -0.05) is 28.4 Å². The highest BCUT2D eigenvalue weighted by atomic mass is 35.5. The molecule has 2 amide bonds. The van der Waals surface area contributed by atoms with E-state index in [9.17, 15) is 14.4 Å². The smallest absolute Gasteiger partial charge is 0.329 e. The molecule has 11 heteroatoms. The van der Waals surface area contributed by atoms with Crippen LogP contribution >= 0.6 is 35.0 Å². The van der Waals surface area contributed by atoms with Gasteiger partial charge in [0.25, 0.3) is 11.8 Å². The highest BCUT2D eigenvalue weighted by molar-refractivity contribution is 7.98. The van der Waals surface area contributed by atoms with Gasteiger partial charge in [0.05, 0.1) is 10.6 Å². The Balaban J connectivity index is 1.96. The molecular formula is C17H17Cl2N3O5S. The maximum Gasteiger partial charge on any atom is 0.329 e. The van der Waals surface area contributed by atoms with Crippen LogP contribution in [0.5, 0.6) is 0 Å². The van der Waals surface area contributed by atoms with Crippen molar-refractivity contribution in [3.8, 4) is 0 Å². The first kappa shape index (κ1) is 22.1. The zero-order valence-electron chi connectivity index (χ0n) is 14.7. The first-order valence-electron chi connectivity index (χ1n) is 8.02. The number of anilines is 1. The van der Waals surface area contributed by atoms with Gasteiger partial charge in [0.2, 0.25) is 0 Å². The molecule has 0 aliphatic carbocycles. The lowest BCUT2D eigenvalue weighted by Crippen LogP contribution is -2.43. The van der Waals surface area contributed by atoms with Gasteiger partial charge in [0, 0.05) is 11.1 Å². The Kier molecular flexibility index (Phi) is 8.62. The minimum absolute atomic E-state index is 0.161. The lowest BCUT2D eigenvalue weighted by Gasteiger charge is -2.17. The fourth-order valence-electron chi connectivity index (χ4n) is 2.09. The third kappa shape index (κ3) is 6.74. The molecule has 150 valence electrons. The summed E-state index contributed by atoms with van der Waals surface area (Å²) < 4.78 is 9.60. The van der Waals surface area contributed by atoms with Gasteiger partial charge in [0.1, 0.15) is 12.3 Å². The van der Waals surface area contributed by atoms with Gasteiger partial charge in [-0.2, -0.15) is 11.8 Å². The second kappa shape index (κ2) is 10.9. The molecule has 0 spiro atoms. The van der Waals surface area contributed by atoms with E-state index in [1.165, 1.54) is 42.3 Å². The molecule has 2 rings (SSSR count). The average Bonchev–Trinajstić information content (AvgIpc) is 3.15. The van der Waals surface area contributed by atoms with Crippen molar-refractivity contribution >= 4 is 58.6 Å². The van der Waals surface area contributed by atoms with E-state index < -0.39 is 30.4 Å². The number of ether oxygens (including phenoxy) is 1. The summed E-state index contributed by atoms with van der Waals surface area (Å²) in [5.74, 6) is -1.07.